The molecule has 132 valence electrons. The van der Waals surface area contributed by atoms with Crippen LogP contribution >= 0.6 is 0 Å². The topological polar surface area (TPSA) is 34.1 Å². The molecule has 1 aromatic carbocycles. The zero-order valence-corrected chi connectivity index (χ0v) is 15.3. The molecule has 0 heterocycles. The summed E-state index contributed by atoms with van der Waals surface area (Å²) in [5.41, 5.74) is 2.59. The highest BCUT2D eigenvalue weighted by molar-refractivity contribution is 6.17. The summed E-state index contributed by atoms with van der Waals surface area (Å²) < 4.78 is 0. The molecule has 25 heavy (non-hydrogen) atoms. The minimum absolute atomic E-state index is 0.0905. The first-order chi connectivity index (χ1) is 12.2. The number of benzene rings is 1. The number of ketones is 2. The van der Waals surface area contributed by atoms with Gasteiger partial charge in [0.15, 0.2) is 11.6 Å². The summed E-state index contributed by atoms with van der Waals surface area (Å²) in [4.78, 5) is 26.5. The number of hydrogen-bond donors (Lipinski definition) is 0. The first-order valence-electron chi connectivity index (χ1n) is 10.0. The summed E-state index contributed by atoms with van der Waals surface area (Å²) in [7, 11) is 0. The Labute approximate surface area is 150 Å². The number of hydrogen-bond acceptors (Lipinski definition) is 2. The van der Waals surface area contributed by atoms with Gasteiger partial charge in [0.05, 0.1) is 0 Å². The fourth-order valence-corrected chi connectivity index (χ4v) is 5.40. The molecule has 2 heteroatoms. The predicted octanol–water partition coefficient (Wildman–Crippen LogP) is 5.26. The maximum Gasteiger partial charge on any atom is 0.168 e. The van der Waals surface area contributed by atoms with Gasteiger partial charge in [0, 0.05) is 23.0 Å². The molecule has 3 aliphatic carbocycles. The third-order valence-corrected chi connectivity index (χ3v) is 6.78. The number of carbonyl (C=O) groups excluding carboxylic acids is 2. The molecule has 3 aliphatic rings. The molecule has 5 atom stereocenters. The molecule has 0 aromatic heterocycles. The normalized spacial score (nSPS) is 30.5. The average Bonchev–Trinajstić information content (AvgIpc) is 3.24. The summed E-state index contributed by atoms with van der Waals surface area (Å²) in [5.74, 6) is 1.47. The summed E-state index contributed by atoms with van der Waals surface area (Å²) in [6.07, 6.45) is 11.1. The minimum Gasteiger partial charge on any atom is -0.294 e. The van der Waals surface area contributed by atoms with E-state index in [1.54, 1.807) is 0 Å². The van der Waals surface area contributed by atoms with Crippen LogP contribution in [0, 0.1) is 29.6 Å². The molecule has 1 fully saturated rings. The van der Waals surface area contributed by atoms with Crippen LogP contribution in [0.2, 0.25) is 0 Å². The number of fused-ring (bicyclic) bond motifs is 6. The second-order valence-corrected chi connectivity index (χ2v) is 8.19. The first kappa shape index (κ1) is 16.8. The number of unbranched alkanes of at least 4 members (excludes halogenated alkanes) is 1. The lowest BCUT2D eigenvalue weighted by atomic mass is 9.68. The summed E-state index contributed by atoms with van der Waals surface area (Å²) in [6.45, 7) is 4.46. The monoisotopic (exact) mass is 336 g/mol. The molecule has 5 unspecified atom stereocenters. The molecule has 1 aromatic rings. The van der Waals surface area contributed by atoms with Crippen molar-refractivity contribution in [2.45, 2.75) is 52.4 Å². The van der Waals surface area contributed by atoms with Gasteiger partial charge in [-0.15, -0.1) is 0 Å². The van der Waals surface area contributed by atoms with E-state index in [-0.39, 0.29) is 35.2 Å². The van der Waals surface area contributed by atoms with E-state index in [4.69, 9.17) is 0 Å². The van der Waals surface area contributed by atoms with E-state index in [1.165, 1.54) is 19.3 Å². The van der Waals surface area contributed by atoms with E-state index in [2.05, 4.69) is 32.1 Å². The van der Waals surface area contributed by atoms with Gasteiger partial charge < -0.3 is 0 Å². The molecule has 2 nitrogen and oxygen atoms in total. The molecular weight excluding hydrogens is 308 g/mol. The standard InChI is InChI=1S/C23H28O2/c1-3-5-7-14(4-2)12-15-8-6-9-18-19(15)23(25)21-17-11-10-16(13-17)20(21)22(18)24/h6,8-11,14,16-17,20-21H,3-5,7,12-13H2,1-2H3. The Balaban J connectivity index is 1.69. The molecule has 1 saturated carbocycles. The van der Waals surface area contributed by atoms with Crippen LogP contribution in [-0.4, -0.2) is 11.6 Å². The number of Topliss-reactive ketones (excluding diaryl/α,β-unsaturated/α-hetero) is 2. The smallest absolute Gasteiger partial charge is 0.168 e. The SMILES string of the molecule is CCCCC(CC)Cc1cccc2c1C(=O)C1C3C=CC(C3)C1C2=O. The van der Waals surface area contributed by atoms with Crippen LogP contribution in [-0.2, 0) is 6.42 Å². The lowest BCUT2D eigenvalue weighted by Crippen LogP contribution is -2.39. The Hall–Kier alpha value is -1.70. The lowest BCUT2D eigenvalue weighted by Gasteiger charge is -2.33. The van der Waals surface area contributed by atoms with Gasteiger partial charge in [-0.25, -0.2) is 0 Å². The number of allylic oxidation sites excluding steroid dienone is 2. The van der Waals surface area contributed by atoms with Crippen molar-refractivity contribution in [1.29, 1.82) is 0 Å². The summed E-state index contributed by atoms with van der Waals surface area (Å²) in [6, 6.07) is 5.95. The zero-order chi connectivity index (χ0) is 17.6. The number of rotatable bonds is 6. The Kier molecular flexibility index (Phi) is 4.39. The highest BCUT2D eigenvalue weighted by Gasteiger charge is 2.54. The Morgan fingerprint density at radius 1 is 1.04 bits per heavy atom. The molecular formula is C23H28O2. The van der Waals surface area contributed by atoms with Crippen molar-refractivity contribution in [3.8, 4) is 0 Å². The fraction of sp³-hybridized carbons (Fsp3) is 0.565. The van der Waals surface area contributed by atoms with Gasteiger partial charge in [-0.2, -0.15) is 0 Å². The minimum atomic E-state index is -0.0909. The van der Waals surface area contributed by atoms with Crippen LogP contribution in [0.25, 0.3) is 0 Å². The zero-order valence-electron chi connectivity index (χ0n) is 15.3. The predicted molar refractivity (Wildman–Crippen MR) is 99.8 cm³/mol. The lowest BCUT2D eigenvalue weighted by molar-refractivity contribution is 0.0719. The molecule has 4 rings (SSSR count). The van der Waals surface area contributed by atoms with E-state index in [0.29, 0.717) is 11.5 Å². The van der Waals surface area contributed by atoms with E-state index >= 15 is 0 Å². The van der Waals surface area contributed by atoms with Crippen LogP contribution < -0.4 is 0 Å². The third kappa shape index (κ3) is 2.61. The van der Waals surface area contributed by atoms with Crippen molar-refractivity contribution in [3.05, 3.63) is 47.0 Å². The van der Waals surface area contributed by atoms with Gasteiger partial charge in [0.25, 0.3) is 0 Å². The first-order valence-corrected chi connectivity index (χ1v) is 10.0. The molecule has 0 spiro atoms. The van der Waals surface area contributed by atoms with Crippen LogP contribution in [0.3, 0.4) is 0 Å². The maximum atomic E-state index is 13.4. The second kappa shape index (κ2) is 6.55. The fourth-order valence-electron chi connectivity index (χ4n) is 5.40. The van der Waals surface area contributed by atoms with Gasteiger partial charge in [0.1, 0.15) is 0 Å². The quantitative estimate of drug-likeness (QED) is 0.664. The van der Waals surface area contributed by atoms with Crippen molar-refractivity contribution >= 4 is 11.6 Å². The van der Waals surface area contributed by atoms with Gasteiger partial charge in [-0.3, -0.25) is 9.59 Å². The molecule has 0 N–H and O–H groups in total. The summed E-state index contributed by atoms with van der Waals surface area (Å²) >= 11 is 0. The van der Waals surface area contributed by atoms with Crippen LogP contribution in [0.15, 0.2) is 30.4 Å². The molecule has 0 aliphatic heterocycles. The van der Waals surface area contributed by atoms with Crippen molar-refractivity contribution in [2.24, 2.45) is 29.6 Å². The van der Waals surface area contributed by atoms with Crippen molar-refractivity contribution in [1.82, 2.24) is 0 Å². The van der Waals surface area contributed by atoms with Gasteiger partial charge in [-0.05, 0) is 36.2 Å². The van der Waals surface area contributed by atoms with Crippen molar-refractivity contribution < 1.29 is 9.59 Å². The van der Waals surface area contributed by atoms with Gasteiger partial charge >= 0.3 is 0 Å². The van der Waals surface area contributed by atoms with Crippen LogP contribution in [0.5, 0.6) is 0 Å². The molecule has 0 saturated heterocycles. The van der Waals surface area contributed by atoms with E-state index in [0.717, 1.165) is 30.4 Å². The van der Waals surface area contributed by atoms with Gasteiger partial charge in [-0.1, -0.05) is 69.9 Å². The molecule has 0 amide bonds. The highest BCUT2D eigenvalue weighted by atomic mass is 16.1. The Morgan fingerprint density at radius 2 is 1.76 bits per heavy atom. The van der Waals surface area contributed by atoms with Crippen molar-refractivity contribution in [2.75, 3.05) is 0 Å². The van der Waals surface area contributed by atoms with E-state index in [9.17, 15) is 9.59 Å². The summed E-state index contributed by atoms with van der Waals surface area (Å²) in [5, 5.41) is 0. The van der Waals surface area contributed by atoms with E-state index in [1.807, 2.05) is 12.1 Å². The second-order valence-electron chi connectivity index (χ2n) is 8.19. The average molecular weight is 336 g/mol. The maximum absolute atomic E-state index is 13.4. The van der Waals surface area contributed by atoms with Crippen molar-refractivity contribution in [3.63, 3.8) is 0 Å². The van der Waals surface area contributed by atoms with Crippen LogP contribution in [0.4, 0.5) is 0 Å². The van der Waals surface area contributed by atoms with E-state index < -0.39 is 0 Å². The highest BCUT2D eigenvalue weighted by Crippen LogP contribution is 2.53. The van der Waals surface area contributed by atoms with Gasteiger partial charge in [0.2, 0.25) is 0 Å². The molecule has 2 bridgehead atoms. The Bertz CT molecular complexity index is 730. The largest absolute Gasteiger partial charge is 0.294 e. The number of carbonyl (C=O) groups is 2. The van der Waals surface area contributed by atoms with Crippen LogP contribution in [0.1, 0.15) is 72.2 Å². The Morgan fingerprint density at radius 3 is 2.44 bits per heavy atom. The third-order valence-electron chi connectivity index (χ3n) is 6.78. The molecule has 0 radical (unpaired) electrons.